The number of nitrogens with zero attached hydrogens (tertiary/aromatic N) is 2. The molecule has 154 valence electrons. The Bertz CT molecular complexity index is 906. The van der Waals surface area contributed by atoms with Gasteiger partial charge in [-0.1, -0.05) is 6.42 Å². The van der Waals surface area contributed by atoms with Crippen molar-refractivity contribution in [3.63, 3.8) is 0 Å². The van der Waals surface area contributed by atoms with E-state index in [4.69, 9.17) is 0 Å². The van der Waals surface area contributed by atoms with E-state index < -0.39 is 48.0 Å². The molecule has 3 fully saturated rings. The van der Waals surface area contributed by atoms with E-state index in [1.807, 2.05) is 0 Å². The molecular formula is C20H21F2N3O4. The standard InChI is InChI=1S/C20H21F2N3O4/c1-10(14-7-11-2-3-12(14)6-11)25-19(28)18(27)24(20(25)29)9-17(26)23-16-5-4-13(21)8-15(16)22/h4-5,8,10-12,14H,2-3,6-7,9H2,1H3,(H,23,26)/t10-,11+,12+,14+/m0/s1. The van der Waals surface area contributed by atoms with Crippen molar-refractivity contribution in [3.8, 4) is 0 Å². The second kappa shape index (κ2) is 7.20. The summed E-state index contributed by atoms with van der Waals surface area (Å²) >= 11 is 0. The molecular weight excluding hydrogens is 384 g/mol. The maximum absolute atomic E-state index is 13.7. The molecule has 0 spiro atoms. The summed E-state index contributed by atoms with van der Waals surface area (Å²) in [5.74, 6) is -3.43. The Morgan fingerprint density at radius 1 is 1.17 bits per heavy atom. The van der Waals surface area contributed by atoms with Crippen molar-refractivity contribution >= 4 is 29.4 Å². The number of imide groups is 2. The van der Waals surface area contributed by atoms with E-state index in [0.29, 0.717) is 22.8 Å². The van der Waals surface area contributed by atoms with Crippen LogP contribution in [0.3, 0.4) is 0 Å². The molecule has 7 nitrogen and oxygen atoms in total. The molecule has 4 rings (SSSR count). The van der Waals surface area contributed by atoms with E-state index in [-0.39, 0.29) is 11.6 Å². The summed E-state index contributed by atoms with van der Waals surface area (Å²) in [6.45, 7) is 1.05. The van der Waals surface area contributed by atoms with Gasteiger partial charge in [0, 0.05) is 12.1 Å². The van der Waals surface area contributed by atoms with Gasteiger partial charge < -0.3 is 5.32 Å². The zero-order valence-corrected chi connectivity index (χ0v) is 15.9. The minimum Gasteiger partial charge on any atom is -0.322 e. The molecule has 9 heteroatoms. The molecule has 2 bridgehead atoms. The Morgan fingerprint density at radius 2 is 1.93 bits per heavy atom. The van der Waals surface area contributed by atoms with Crippen LogP contribution < -0.4 is 5.32 Å². The van der Waals surface area contributed by atoms with E-state index in [0.717, 1.165) is 36.3 Å². The summed E-state index contributed by atoms with van der Waals surface area (Å²) in [5.41, 5.74) is -0.283. The zero-order valence-electron chi connectivity index (χ0n) is 15.9. The van der Waals surface area contributed by atoms with Gasteiger partial charge in [0.25, 0.3) is 0 Å². The van der Waals surface area contributed by atoms with Crippen molar-refractivity contribution in [2.24, 2.45) is 17.8 Å². The summed E-state index contributed by atoms with van der Waals surface area (Å²) in [4.78, 5) is 51.2. The van der Waals surface area contributed by atoms with Crippen LogP contribution in [0.5, 0.6) is 0 Å². The number of hydrogen-bond donors (Lipinski definition) is 1. The van der Waals surface area contributed by atoms with Crippen LogP contribution in [0.1, 0.15) is 32.6 Å². The first-order valence-corrected chi connectivity index (χ1v) is 9.70. The quantitative estimate of drug-likeness (QED) is 0.603. The van der Waals surface area contributed by atoms with Crippen LogP contribution in [0.25, 0.3) is 0 Å². The Labute approximate surface area is 166 Å². The Kier molecular flexibility index (Phi) is 4.84. The molecule has 0 aromatic heterocycles. The van der Waals surface area contributed by atoms with Crippen LogP contribution in [-0.2, 0) is 14.4 Å². The molecule has 0 radical (unpaired) electrons. The van der Waals surface area contributed by atoms with Gasteiger partial charge in [-0.05, 0) is 56.1 Å². The average molecular weight is 405 g/mol. The van der Waals surface area contributed by atoms with Crippen molar-refractivity contribution in [1.82, 2.24) is 9.80 Å². The maximum Gasteiger partial charge on any atom is 0.334 e. The molecule has 2 saturated carbocycles. The average Bonchev–Trinajstić information content (AvgIpc) is 3.35. The lowest BCUT2D eigenvalue weighted by Crippen LogP contribution is -2.45. The Hall–Kier alpha value is -2.84. The predicted octanol–water partition coefficient (Wildman–Crippen LogP) is 2.52. The predicted molar refractivity (Wildman–Crippen MR) is 97.3 cm³/mol. The van der Waals surface area contributed by atoms with Crippen LogP contribution in [0.4, 0.5) is 19.3 Å². The number of halogens is 2. The van der Waals surface area contributed by atoms with Crippen molar-refractivity contribution in [2.45, 2.75) is 38.6 Å². The third kappa shape index (κ3) is 3.38. The SMILES string of the molecule is C[C@@H]([C@H]1C[C@@H]2CC[C@@H]1C2)N1C(=O)C(=O)N(CC(=O)Nc2ccc(F)cc2F)C1=O. The molecule has 0 unspecified atom stereocenters. The first-order valence-electron chi connectivity index (χ1n) is 9.70. The van der Waals surface area contributed by atoms with Crippen LogP contribution in [0.15, 0.2) is 18.2 Å². The van der Waals surface area contributed by atoms with Gasteiger partial charge in [0.05, 0.1) is 5.69 Å². The molecule has 1 aromatic rings. The normalized spacial score (nSPS) is 27.1. The fourth-order valence-corrected chi connectivity index (χ4v) is 5.02. The lowest BCUT2D eigenvalue weighted by molar-refractivity contribution is -0.144. The molecule has 3 aliphatic rings. The monoisotopic (exact) mass is 405 g/mol. The van der Waals surface area contributed by atoms with Gasteiger partial charge >= 0.3 is 17.8 Å². The highest BCUT2D eigenvalue weighted by molar-refractivity contribution is 6.45. The Morgan fingerprint density at radius 3 is 2.55 bits per heavy atom. The van der Waals surface area contributed by atoms with Crippen molar-refractivity contribution in [3.05, 3.63) is 29.8 Å². The van der Waals surface area contributed by atoms with Crippen LogP contribution in [-0.4, -0.2) is 46.1 Å². The number of benzene rings is 1. The lowest BCUT2D eigenvalue weighted by atomic mass is 9.83. The minimum atomic E-state index is -1.07. The van der Waals surface area contributed by atoms with Crippen LogP contribution >= 0.6 is 0 Å². The number of rotatable bonds is 5. The lowest BCUT2D eigenvalue weighted by Gasteiger charge is -2.32. The zero-order chi connectivity index (χ0) is 20.9. The minimum absolute atomic E-state index is 0.163. The number of amides is 5. The first-order chi connectivity index (χ1) is 13.8. The van der Waals surface area contributed by atoms with Gasteiger partial charge in [0.2, 0.25) is 5.91 Å². The van der Waals surface area contributed by atoms with Crippen molar-refractivity contribution in [2.75, 3.05) is 11.9 Å². The summed E-state index contributed by atoms with van der Waals surface area (Å²) in [6.07, 6.45) is 4.26. The van der Waals surface area contributed by atoms with Gasteiger partial charge in [-0.2, -0.15) is 0 Å². The van der Waals surface area contributed by atoms with E-state index >= 15 is 0 Å². The molecule has 29 heavy (non-hydrogen) atoms. The summed E-state index contributed by atoms with van der Waals surface area (Å²) < 4.78 is 26.7. The number of fused-ring (bicyclic) bond motifs is 2. The van der Waals surface area contributed by atoms with E-state index in [2.05, 4.69) is 5.32 Å². The van der Waals surface area contributed by atoms with Crippen molar-refractivity contribution < 1.29 is 28.0 Å². The smallest absolute Gasteiger partial charge is 0.322 e. The molecule has 1 aromatic carbocycles. The number of carbonyl (C=O) groups is 4. The number of nitrogens with one attached hydrogen (secondary N) is 1. The summed E-state index contributed by atoms with van der Waals surface area (Å²) in [6, 6.07) is 1.35. The molecule has 5 amide bonds. The van der Waals surface area contributed by atoms with Crippen LogP contribution in [0.2, 0.25) is 0 Å². The highest BCUT2D eigenvalue weighted by Crippen LogP contribution is 2.50. The van der Waals surface area contributed by atoms with Gasteiger partial charge in [0.1, 0.15) is 18.2 Å². The molecule has 1 N–H and O–H groups in total. The van der Waals surface area contributed by atoms with Gasteiger partial charge in [-0.25, -0.2) is 18.5 Å². The largest absolute Gasteiger partial charge is 0.334 e. The molecule has 1 saturated heterocycles. The number of urea groups is 1. The highest BCUT2D eigenvalue weighted by atomic mass is 19.1. The number of carbonyl (C=O) groups excluding carboxylic acids is 4. The Balaban J connectivity index is 1.44. The third-order valence-corrected chi connectivity index (χ3v) is 6.41. The fourth-order valence-electron chi connectivity index (χ4n) is 5.02. The van der Waals surface area contributed by atoms with Crippen LogP contribution in [0, 0.1) is 29.4 Å². The maximum atomic E-state index is 13.7. The van der Waals surface area contributed by atoms with Gasteiger partial charge in [0.15, 0.2) is 0 Å². The summed E-state index contributed by atoms with van der Waals surface area (Å²) in [7, 11) is 0. The molecule has 1 aliphatic heterocycles. The first kappa shape index (κ1) is 19.5. The molecule has 1 heterocycles. The number of hydrogen-bond acceptors (Lipinski definition) is 4. The van der Waals surface area contributed by atoms with Gasteiger partial charge in [-0.3, -0.25) is 19.3 Å². The van der Waals surface area contributed by atoms with Crippen molar-refractivity contribution in [1.29, 1.82) is 0 Å². The third-order valence-electron chi connectivity index (χ3n) is 6.41. The molecule has 2 aliphatic carbocycles. The molecule has 4 atom stereocenters. The fraction of sp³-hybridized carbons (Fsp3) is 0.500. The van der Waals surface area contributed by atoms with E-state index in [1.54, 1.807) is 6.92 Å². The topological polar surface area (TPSA) is 86.8 Å². The van der Waals surface area contributed by atoms with E-state index in [1.165, 1.54) is 6.42 Å². The van der Waals surface area contributed by atoms with E-state index in [9.17, 15) is 28.0 Å². The summed E-state index contributed by atoms with van der Waals surface area (Å²) in [5, 5.41) is 2.18. The second-order valence-electron chi connectivity index (χ2n) is 8.10. The highest BCUT2D eigenvalue weighted by Gasteiger charge is 2.52. The number of anilines is 1. The second-order valence-corrected chi connectivity index (χ2v) is 8.10. The van der Waals surface area contributed by atoms with Gasteiger partial charge in [-0.15, -0.1) is 0 Å².